The molecule has 0 N–H and O–H groups in total. The van der Waals surface area contributed by atoms with E-state index in [1.54, 1.807) is 7.11 Å². The minimum Gasteiger partial charge on any atom is -0.372 e. The Morgan fingerprint density at radius 1 is 1.03 bits per heavy atom. The summed E-state index contributed by atoms with van der Waals surface area (Å²) in [4.78, 5) is 16.8. The molecule has 3 rings (SSSR count). The van der Waals surface area contributed by atoms with Crippen molar-refractivity contribution in [1.29, 1.82) is 0 Å². The normalized spacial score (nSPS) is 12.0. The van der Waals surface area contributed by atoms with E-state index in [1.807, 2.05) is 4.57 Å². The predicted molar refractivity (Wildman–Crippen MR) is 138 cm³/mol. The third-order valence-corrected chi connectivity index (χ3v) is 7.34. The lowest BCUT2D eigenvalue weighted by atomic mass is 10.1. The highest BCUT2D eigenvalue weighted by Gasteiger charge is 2.25. The number of hydrogen-bond donors (Lipinski definition) is 0. The Hall–Kier alpha value is -1.96. The number of methoxy groups -OCH3 is 1. The van der Waals surface area contributed by atoms with Crippen LogP contribution in [-0.2, 0) is 11.5 Å². The number of anilines is 1. The van der Waals surface area contributed by atoms with Crippen molar-refractivity contribution >= 4 is 42.0 Å². The maximum Gasteiger partial charge on any atom is 0.167 e. The number of imidazole rings is 1. The number of ether oxygens (including phenoxy) is 1. The molecule has 0 aliphatic carbocycles. The highest BCUT2D eigenvalue weighted by molar-refractivity contribution is 6.87. The van der Waals surface area contributed by atoms with Crippen LogP contribution >= 0.6 is 11.6 Å². The number of halogens is 1. The average Bonchev–Trinajstić information content (AvgIpc) is 3.13. The van der Waals surface area contributed by atoms with Crippen molar-refractivity contribution in [2.24, 2.45) is 0 Å². The molecule has 0 aliphatic rings. The van der Waals surface area contributed by atoms with Crippen LogP contribution in [0.1, 0.15) is 39.5 Å². The first-order valence-corrected chi connectivity index (χ1v) is 15.5. The quantitative estimate of drug-likeness (QED) is 0.264. The summed E-state index contributed by atoms with van der Waals surface area (Å²) in [6, 6.07) is 8.61. The van der Waals surface area contributed by atoms with Gasteiger partial charge in [0.1, 0.15) is 31.6 Å². The van der Waals surface area contributed by atoms with E-state index in [9.17, 15) is 0 Å². The molecule has 0 unspecified atom stereocenters. The number of rotatable bonds is 11. The molecule has 0 saturated carbocycles. The van der Waals surface area contributed by atoms with E-state index in [2.05, 4.69) is 67.6 Å². The molecule has 0 aliphatic heterocycles. The zero-order valence-corrected chi connectivity index (χ0v) is 22.0. The molecule has 0 amide bonds. The summed E-state index contributed by atoms with van der Waals surface area (Å²) in [6.07, 6.45) is 4.73. The first kappa shape index (κ1) is 24.7. The van der Waals surface area contributed by atoms with Crippen LogP contribution in [0.2, 0.25) is 24.8 Å². The standard InChI is InChI=1S/C24H36ClN5OSi/c1-7-9-14-29(15-10-8-2)19-13-11-12-18(16-19)22-26-20-21(25)27-24(32(4,5)6)28-23(20)30(22)17-31-3/h11-13,16H,7-10,14-15,17H2,1-6H3. The lowest BCUT2D eigenvalue weighted by Gasteiger charge is -2.25. The predicted octanol–water partition coefficient (Wildman–Crippen LogP) is 5.70. The van der Waals surface area contributed by atoms with Crippen LogP contribution in [0.4, 0.5) is 5.69 Å². The van der Waals surface area contributed by atoms with Gasteiger partial charge in [0.15, 0.2) is 10.8 Å². The summed E-state index contributed by atoms with van der Waals surface area (Å²) in [6.45, 7) is 13.6. The zero-order chi connectivity index (χ0) is 23.3. The van der Waals surface area contributed by atoms with Crippen LogP contribution in [0.25, 0.3) is 22.6 Å². The molecule has 1 aromatic carbocycles. The molecule has 8 heteroatoms. The van der Waals surface area contributed by atoms with Crippen molar-refractivity contribution < 1.29 is 4.74 Å². The monoisotopic (exact) mass is 473 g/mol. The van der Waals surface area contributed by atoms with Gasteiger partial charge in [-0.25, -0.2) is 15.0 Å². The smallest absolute Gasteiger partial charge is 0.167 e. The van der Waals surface area contributed by atoms with Crippen LogP contribution < -0.4 is 10.3 Å². The van der Waals surface area contributed by atoms with E-state index in [-0.39, 0.29) is 0 Å². The van der Waals surface area contributed by atoms with Gasteiger partial charge >= 0.3 is 0 Å². The van der Waals surface area contributed by atoms with Gasteiger partial charge in [-0.05, 0) is 25.0 Å². The Bertz CT molecular complexity index is 1040. The van der Waals surface area contributed by atoms with Gasteiger partial charge in [-0.3, -0.25) is 4.57 Å². The maximum absolute atomic E-state index is 6.58. The number of hydrogen-bond acceptors (Lipinski definition) is 5. The van der Waals surface area contributed by atoms with E-state index in [1.165, 1.54) is 31.4 Å². The molecule has 0 atom stereocenters. The van der Waals surface area contributed by atoms with Crippen molar-refractivity contribution in [3.63, 3.8) is 0 Å². The summed E-state index contributed by atoms with van der Waals surface area (Å²) >= 11 is 6.58. The van der Waals surface area contributed by atoms with E-state index >= 15 is 0 Å². The van der Waals surface area contributed by atoms with E-state index < -0.39 is 8.07 Å². The number of unbranched alkanes of at least 4 members (excludes halogenated alkanes) is 2. The van der Waals surface area contributed by atoms with Gasteiger partial charge in [0, 0.05) is 31.5 Å². The molecule has 32 heavy (non-hydrogen) atoms. The average molecular weight is 474 g/mol. The Kier molecular flexibility index (Phi) is 8.30. The second-order valence-electron chi connectivity index (χ2n) is 9.29. The molecular weight excluding hydrogens is 438 g/mol. The highest BCUT2D eigenvalue weighted by atomic mass is 35.5. The van der Waals surface area contributed by atoms with Gasteiger partial charge in [0.25, 0.3) is 0 Å². The molecule has 0 radical (unpaired) electrons. The Morgan fingerprint density at radius 3 is 2.31 bits per heavy atom. The highest BCUT2D eigenvalue weighted by Crippen LogP contribution is 2.29. The number of nitrogens with zero attached hydrogens (tertiary/aromatic N) is 5. The van der Waals surface area contributed by atoms with Crippen LogP contribution in [-0.4, -0.2) is 47.8 Å². The second-order valence-corrected chi connectivity index (χ2v) is 14.6. The molecule has 3 aromatic rings. The van der Waals surface area contributed by atoms with E-state index in [4.69, 9.17) is 26.3 Å². The Balaban J connectivity index is 2.11. The third-order valence-electron chi connectivity index (χ3n) is 5.51. The second kappa shape index (κ2) is 10.8. The van der Waals surface area contributed by atoms with Crippen LogP contribution in [0.15, 0.2) is 24.3 Å². The number of fused-ring (bicyclic) bond motifs is 1. The summed E-state index contributed by atoms with van der Waals surface area (Å²) in [5.74, 6) is 0.804. The summed E-state index contributed by atoms with van der Waals surface area (Å²) in [5, 5.41) is 0.409. The molecule has 2 aromatic heterocycles. The van der Waals surface area contributed by atoms with Crippen molar-refractivity contribution in [1.82, 2.24) is 19.5 Å². The van der Waals surface area contributed by atoms with Gasteiger partial charge < -0.3 is 9.64 Å². The van der Waals surface area contributed by atoms with Crippen molar-refractivity contribution in [3.05, 3.63) is 29.4 Å². The van der Waals surface area contributed by atoms with Crippen LogP contribution in [0, 0.1) is 0 Å². The van der Waals surface area contributed by atoms with E-state index in [0.29, 0.717) is 17.4 Å². The number of aromatic nitrogens is 4. The minimum atomic E-state index is -1.74. The Labute approximate surface area is 198 Å². The fraction of sp³-hybridized carbons (Fsp3) is 0.542. The van der Waals surface area contributed by atoms with E-state index in [0.717, 1.165) is 35.6 Å². The molecule has 0 spiro atoms. The largest absolute Gasteiger partial charge is 0.372 e. The molecule has 6 nitrogen and oxygen atoms in total. The fourth-order valence-corrected chi connectivity index (χ4v) is 4.85. The maximum atomic E-state index is 6.58. The van der Waals surface area contributed by atoms with Crippen LogP contribution in [0.5, 0.6) is 0 Å². The molecule has 0 bridgehead atoms. The summed E-state index contributed by atoms with van der Waals surface area (Å²) in [5.41, 5.74) is 4.44. The van der Waals surface area contributed by atoms with Gasteiger partial charge in [-0.15, -0.1) is 0 Å². The number of benzene rings is 1. The third kappa shape index (κ3) is 5.50. The topological polar surface area (TPSA) is 56.1 Å². The first-order chi connectivity index (χ1) is 15.3. The van der Waals surface area contributed by atoms with Crippen molar-refractivity contribution in [2.75, 3.05) is 25.1 Å². The van der Waals surface area contributed by atoms with Gasteiger partial charge in [0.05, 0.1) is 0 Å². The summed E-state index contributed by atoms with van der Waals surface area (Å²) < 4.78 is 7.53. The van der Waals surface area contributed by atoms with Gasteiger partial charge in [-0.2, -0.15) is 0 Å². The molecule has 0 saturated heterocycles. The fourth-order valence-electron chi connectivity index (χ4n) is 3.68. The Morgan fingerprint density at radius 2 is 1.72 bits per heavy atom. The minimum absolute atomic E-state index is 0.351. The van der Waals surface area contributed by atoms with Crippen LogP contribution in [0.3, 0.4) is 0 Å². The SMILES string of the molecule is CCCCN(CCCC)c1cccc(-c2nc3c(Cl)nc([Si](C)(C)C)nc3n2COC)c1. The first-order valence-electron chi connectivity index (χ1n) is 11.6. The summed E-state index contributed by atoms with van der Waals surface area (Å²) in [7, 11) is -0.0567. The lowest BCUT2D eigenvalue weighted by Crippen LogP contribution is -2.42. The molecule has 2 heterocycles. The molecule has 0 fully saturated rings. The zero-order valence-electron chi connectivity index (χ0n) is 20.3. The van der Waals surface area contributed by atoms with Crippen molar-refractivity contribution in [2.45, 2.75) is 65.9 Å². The van der Waals surface area contributed by atoms with Gasteiger partial charge in [0.2, 0.25) is 0 Å². The van der Waals surface area contributed by atoms with Crippen molar-refractivity contribution in [3.8, 4) is 11.4 Å². The molecule has 174 valence electrons. The molecular formula is C24H36ClN5OSi. The van der Waals surface area contributed by atoms with Gasteiger partial charge in [-0.1, -0.05) is 70.1 Å². The lowest BCUT2D eigenvalue weighted by molar-refractivity contribution is 0.135.